The Labute approximate surface area is 111 Å². The van der Waals surface area contributed by atoms with E-state index >= 15 is 0 Å². The number of nitrogens with zero attached hydrogens (tertiary/aromatic N) is 2. The third-order valence-electron chi connectivity index (χ3n) is 3.07. The molecule has 0 bridgehead atoms. The molecule has 7 heteroatoms. The molecule has 1 aliphatic heterocycles. The molecule has 1 saturated heterocycles. The van der Waals surface area contributed by atoms with Crippen LogP contribution < -0.4 is 4.90 Å². The fraction of sp³-hybridized carbons (Fsp3) is 0.727. The summed E-state index contributed by atoms with van der Waals surface area (Å²) in [5, 5.41) is 10.1. The Morgan fingerprint density at radius 1 is 1.39 bits per heavy atom. The highest BCUT2D eigenvalue weighted by atomic mass is 32.2. The van der Waals surface area contributed by atoms with Crippen molar-refractivity contribution in [1.29, 1.82) is 0 Å². The van der Waals surface area contributed by atoms with Gasteiger partial charge in [0.25, 0.3) is 0 Å². The maximum Gasteiger partial charge on any atom is 0.185 e. The molecule has 18 heavy (non-hydrogen) atoms. The zero-order chi connectivity index (χ0) is 13.2. The Morgan fingerprint density at radius 2 is 2.17 bits per heavy atom. The van der Waals surface area contributed by atoms with E-state index < -0.39 is 9.84 Å². The molecule has 0 spiro atoms. The molecule has 0 radical (unpaired) electrons. The van der Waals surface area contributed by atoms with Crippen molar-refractivity contribution in [2.45, 2.75) is 26.4 Å². The molecule has 1 aromatic heterocycles. The van der Waals surface area contributed by atoms with Crippen molar-refractivity contribution in [3.8, 4) is 0 Å². The van der Waals surface area contributed by atoms with Gasteiger partial charge in [0.05, 0.1) is 28.7 Å². The van der Waals surface area contributed by atoms with Crippen LogP contribution >= 0.6 is 11.3 Å². The number of aliphatic hydroxyl groups excluding tert-OH is 1. The first-order chi connectivity index (χ1) is 8.55. The molecule has 102 valence electrons. The Morgan fingerprint density at radius 3 is 2.78 bits per heavy atom. The molecule has 0 unspecified atom stereocenters. The summed E-state index contributed by atoms with van der Waals surface area (Å²) in [6.45, 7) is 3.24. The minimum Gasteiger partial charge on any atom is -0.391 e. The quantitative estimate of drug-likeness (QED) is 0.892. The molecule has 1 aliphatic rings. The molecular weight excluding hydrogens is 272 g/mol. The highest BCUT2D eigenvalue weighted by Gasteiger charge is 2.22. The Bertz CT molecular complexity index is 489. The Balaban J connectivity index is 2.18. The Kier molecular flexibility index (Phi) is 4.24. The van der Waals surface area contributed by atoms with E-state index in [1.54, 1.807) is 0 Å². The summed E-state index contributed by atoms with van der Waals surface area (Å²) in [6.07, 6.45) is 1.44. The van der Waals surface area contributed by atoms with Crippen molar-refractivity contribution in [1.82, 2.24) is 4.98 Å². The SMILES string of the molecule is CCc1nc(N2CCCS(=O)(=O)CC2)sc1CO. The molecule has 0 atom stereocenters. The van der Waals surface area contributed by atoms with Gasteiger partial charge >= 0.3 is 0 Å². The summed E-state index contributed by atoms with van der Waals surface area (Å²) in [5.41, 5.74) is 0.921. The fourth-order valence-electron chi connectivity index (χ4n) is 2.03. The lowest BCUT2D eigenvalue weighted by Crippen LogP contribution is -2.26. The number of aromatic nitrogens is 1. The number of sulfone groups is 1. The van der Waals surface area contributed by atoms with E-state index in [9.17, 15) is 13.5 Å². The van der Waals surface area contributed by atoms with Gasteiger partial charge in [-0.05, 0) is 12.8 Å². The van der Waals surface area contributed by atoms with Gasteiger partial charge in [0.15, 0.2) is 15.0 Å². The number of thiazole rings is 1. The van der Waals surface area contributed by atoms with Gasteiger partial charge < -0.3 is 10.0 Å². The molecule has 0 aliphatic carbocycles. The largest absolute Gasteiger partial charge is 0.391 e. The number of aliphatic hydroxyl groups is 1. The summed E-state index contributed by atoms with van der Waals surface area (Å²) in [7, 11) is -2.89. The summed E-state index contributed by atoms with van der Waals surface area (Å²) in [4.78, 5) is 7.41. The fourth-order valence-corrected chi connectivity index (χ4v) is 4.37. The van der Waals surface area contributed by atoms with Crippen molar-refractivity contribution in [2.24, 2.45) is 0 Å². The normalized spacial score (nSPS) is 19.8. The molecule has 1 N–H and O–H groups in total. The number of anilines is 1. The minimum atomic E-state index is -2.89. The number of aryl methyl sites for hydroxylation is 1. The van der Waals surface area contributed by atoms with E-state index in [0.29, 0.717) is 13.0 Å². The lowest BCUT2D eigenvalue weighted by molar-refractivity contribution is 0.284. The van der Waals surface area contributed by atoms with E-state index in [1.165, 1.54) is 11.3 Å². The van der Waals surface area contributed by atoms with E-state index in [0.717, 1.165) is 28.7 Å². The lowest BCUT2D eigenvalue weighted by Gasteiger charge is -2.17. The first-order valence-electron chi connectivity index (χ1n) is 6.10. The monoisotopic (exact) mass is 290 g/mol. The maximum atomic E-state index is 11.5. The van der Waals surface area contributed by atoms with E-state index in [-0.39, 0.29) is 18.1 Å². The van der Waals surface area contributed by atoms with Crippen LogP contribution in [0.25, 0.3) is 0 Å². The van der Waals surface area contributed by atoms with E-state index in [2.05, 4.69) is 4.98 Å². The minimum absolute atomic E-state index is 0.00692. The molecule has 0 saturated carbocycles. The van der Waals surface area contributed by atoms with Crippen molar-refractivity contribution < 1.29 is 13.5 Å². The van der Waals surface area contributed by atoms with Crippen LogP contribution in [0.1, 0.15) is 23.9 Å². The van der Waals surface area contributed by atoms with Crippen LogP contribution in [-0.2, 0) is 22.9 Å². The van der Waals surface area contributed by atoms with Gasteiger partial charge in [0.1, 0.15) is 0 Å². The van der Waals surface area contributed by atoms with Crippen LogP contribution in [0.4, 0.5) is 5.13 Å². The summed E-state index contributed by atoms with van der Waals surface area (Å²) in [5.74, 6) is 0.463. The van der Waals surface area contributed by atoms with E-state index in [1.807, 2.05) is 11.8 Å². The molecule has 0 amide bonds. The van der Waals surface area contributed by atoms with Crippen LogP contribution in [0.5, 0.6) is 0 Å². The highest BCUT2D eigenvalue weighted by molar-refractivity contribution is 7.91. The van der Waals surface area contributed by atoms with Gasteiger partial charge in [-0.25, -0.2) is 13.4 Å². The van der Waals surface area contributed by atoms with Crippen LogP contribution in [0.2, 0.25) is 0 Å². The topological polar surface area (TPSA) is 70.5 Å². The van der Waals surface area contributed by atoms with Gasteiger partial charge in [-0.1, -0.05) is 18.3 Å². The smallest absolute Gasteiger partial charge is 0.185 e. The van der Waals surface area contributed by atoms with Gasteiger partial charge in [0.2, 0.25) is 0 Å². The third kappa shape index (κ3) is 3.02. The maximum absolute atomic E-state index is 11.5. The zero-order valence-electron chi connectivity index (χ0n) is 10.4. The van der Waals surface area contributed by atoms with Crippen molar-refractivity contribution in [3.05, 3.63) is 10.6 Å². The summed E-state index contributed by atoms with van der Waals surface area (Å²) < 4.78 is 23.1. The first kappa shape index (κ1) is 13.8. The molecule has 2 heterocycles. The zero-order valence-corrected chi connectivity index (χ0v) is 12.1. The predicted molar refractivity (Wildman–Crippen MR) is 72.9 cm³/mol. The molecule has 1 aromatic rings. The standard InChI is InChI=1S/C11H18N2O3S2/c1-2-9-10(8-14)17-11(12-9)13-4-3-6-18(15,16)7-5-13/h14H,2-8H2,1H3. The van der Waals surface area contributed by atoms with Crippen molar-refractivity contribution in [2.75, 3.05) is 29.5 Å². The molecule has 5 nitrogen and oxygen atoms in total. The van der Waals surface area contributed by atoms with Crippen LogP contribution in [0.15, 0.2) is 0 Å². The predicted octanol–water partition coefficient (Wildman–Crippen LogP) is 0.823. The Hall–Kier alpha value is -0.660. The van der Waals surface area contributed by atoms with Crippen molar-refractivity contribution in [3.63, 3.8) is 0 Å². The van der Waals surface area contributed by atoms with Gasteiger partial charge in [0, 0.05) is 13.1 Å². The average Bonchev–Trinajstić information content (AvgIpc) is 2.67. The summed E-state index contributed by atoms with van der Waals surface area (Å²) >= 11 is 1.47. The van der Waals surface area contributed by atoms with Crippen LogP contribution in [0.3, 0.4) is 0 Å². The average molecular weight is 290 g/mol. The van der Waals surface area contributed by atoms with Crippen LogP contribution in [-0.4, -0.2) is 43.1 Å². The lowest BCUT2D eigenvalue weighted by atomic mass is 10.3. The molecule has 0 aromatic carbocycles. The molecule has 1 fully saturated rings. The second kappa shape index (κ2) is 5.54. The van der Waals surface area contributed by atoms with Crippen molar-refractivity contribution >= 4 is 26.3 Å². The van der Waals surface area contributed by atoms with Gasteiger partial charge in [-0.15, -0.1) is 0 Å². The van der Waals surface area contributed by atoms with Crippen LogP contribution in [0, 0.1) is 0 Å². The number of rotatable bonds is 3. The molecule has 2 rings (SSSR count). The van der Waals surface area contributed by atoms with Gasteiger partial charge in [-0.3, -0.25) is 0 Å². The van der Waals surface area contributed by atoms with E-state index in [4.69, 9.17) is 0 Å². The first-order valence-corrected chi connectivity index (χ1v) is 8.74. The second-order valence-electron chi connectivity index (χ2n) is 4.37. The third-order valence-corrected chi connectivity index (χ3v) is 5.93. The second-order valence-corrected chi connectivity index (χ2v) is 7.74. The highest BCUT2D eigenvalue weighted by Crippen LogP contribution is 2.27. The summed E-state index contributed by atoms with van der Waals surface area (Å²) in [6, 6.07) is 0. The number of hydrogen-bond donors (Lipinski definition) is 1. The van der Waals surface area contributed by atoms with Gasteiger partial charge in [-0.2, -0.15) is 0 Å². The molecular formula is C11H18N2O3S2. The number of hydrogen-bond acceptors (Lipinski definition) is 6.